The number of rotatable bonds is 3. The lowest BCUT2D eigenvalue weighted by molar-refractivity contribution is -0.142. The highest BCUT2D eigenvalue weighted by Gasteiger charge is 2.34. The van der Waals surface area contributed by atoms with E-state index in [1.54, 1.807) is 0 Å². The Balaban J connectivity index is 1.64. The number of nitrogens with zero attached hydrogens (tertiary/aromatic N) is 1. The van der Waals surface area contributed by atoms with E-state index in [0.29, 0.717) is 6.54 Å². The highest BCUT2D eigenvalue weighted by atomic mass is 16.5. The molecule has 2 heterocycles. The molecule has 3 rings (SSSR count). The van der Waals surface area contributed by atoms with Crippen molar-refractivity contribution in [1.29, 1.82) is 0 Å². The molecule has 1 N–H and O–H groups in total. The standard InChI is InChI=1S/C14H17NO3/c16-14(17)12-5-3-7-15(12)9-11-8-10-4-1-2-6-13(10)18-11/h1-2,4,6,11-12H,3,5,7-9H2,(H,16,17). The van der Waals surface area contributed by atoms with Crippen LogP contribution >= 0.6 is 0 Å². The molecule has 96 valence electrons. The molecule has 0 radical (unpaired) electrons. The molecule has 18 heavy (non-hydrogen) atoms. The molecule has 2 aliphatic rings. The van der Waals surface area contributed by atoms with Crippen LogP contribution in [0.25, 0.3) is 0 Å². The lowest BCUT2D eigenvalue weighted by Crippen LogP contribution is -2.41. The number of carboxylic acids is 1. The van der Waals surface area contributed by atoms with Crippen molar-refractivity contribution in [1.82, 2.24) is 4.90 Å². The molecule has 0 aliphatic carbocycles. The van der Waals surface area contributed by atoms with Crippen molar-refractivity contribution in [2.75, 3.05) is 13.1 Å². The van der Waals surface area contributed by atoms with Crippen molar-refractivity contribution < 1.29 is 14.6 Å². The molecule has 0 bridgehead atoms. The monoisotopic (exact) mass is 247 g/mol. The van der Waals surface area contributed by atoms with Crippen LogP contribution in [0.5, 0.6) is 5.75 Å². The molecule has 2 atom stereocenters. The molecule has 1 saturated heterocycles. The van der Waals surface area contributed by atoms with Crippen LogP contribution in [-0.2, 0) is 11.2 Å². The maximum Gasteiger partial charge on any atom is 0.320 e. The van der Waals surface area contributed by atoms with Gasteiger partial charge in [0.1, 0.15) is 17.9 Å². The van der Waals surface area contributed by atoms with Gasteiger partial charge in [0.05, 0.1) is 0 Å². The van der Waals surface area contributed by atoms with E-state index in [9.17, 15) is 4.79 Å². The van der Waals surface area contributed by atoms with E-state index in [0.717, 1.165) is 31.6 Å². The molecule has 4 nitrogen and oxygen atoms in total. The zero-order valence-corrected chi connectivity index (χ0v) is 10.2. The zero-order chi connectivity index (χ0) is 12.5. The highest BCUT2D eigenvalue weighted by molar-refractivity contribution is 5.73. The quantitative estimate of drug-likeness (QED) is 0.880. The molecule has 0 saturated carbocycles. The molecule has 1 aromatic rings. The number of carboxylic acid groups (broad SMARTS) is 1. The summed E-state index contributed by atoms with van der Waals surface area (Å²) in [5.74, 6) is 0.247. The summed E-state index contributed by atoms with van der Waals surface area (Å²) in [5.41, 5.74) is 1.23. The Morgan fingerprint density at radius 2 is 2.28 bits per heavy atom. The van der Waals surface area contributed by atoms with Crippen LogP contribution in [0.15, 0.2) is 24.3 Å². The molecule has 0 amide bonds. The first kappa shape index (κ1) is 11.5. The van der Waals surface area contributed by atoms with Gasteiger partial charge in [0.2, 0.25) is 0 Å². The predicted octanol–water partition coefficient (Wildman–Crippen LogP) is 1.54. The Morgan fingerprint density at radius 3 is 3.06 bits per heavy atom. The second kappa shape index (κ2) is 4.61. The van der Waals surface area contributed by atoms with Crippen molar-refractivity contribution >= 4 is 5.97 Å². The summed E-state index contributed by atoms with van der Waals surface area (Å²) >= 11 is 0. The van der Waals surface area contributed by atoms with Crippen LogP contribution in [0.3, 0.4) is 0 Å². The van der Waals surface area contributed by atoms with Gasteiger partial charge in [-0.3, -0.25) is 9.69 Å². The number of fused-ring (bicyclic) bond motifs is 1. The largest absolute Gasteiger partial charge is 0.488 e. The maximum absolute atomic E-state index is 11.1. The Morgan fingerprint density at radius 1 is 1.44 bits per heavy atom. The summed E-state index contributed by atoms with van der Waals surface area (Å²) in [6.45, 7) is 1.58. The molecule has 1 fully saturated rings. The SMILES string of the molecule is O=C(O)C1CCCN1CC1Cc2ccccc2O1. The van der Waals surface area contributed by atoms with Crippen LogP contribution in [-0.4, -0.2) is 41.2 Å². The van der Waals surface area contributed by atoms with E-state index < -0.39 is 5.97 Å². The summed E-state index contributed by atoms with van der Waals surface area (Å²) in [6.07, 6.45) is 2.72. The second-order valence-corrected chi connectivity index (χ2v) is 5.04. The van der Waals surface area contributed by atoms with Crippen LogP contribution < -0.4 is 4.74 Å². The van der Waals surface area contributed by atoms with Crippen molar-refractivity contribution in [3.05, 3.63) is 29.8 Å². The van der Waals surface area contributed by atoms with Crippen molar-refractivity contribution in [2.24, 2.45) is 0 Å². The molecule has 2 aliphatic heterocycles. The minimum absolute atomic E-state index is 0.0994. The van der Waals surface area contributed by atoms with Gasteiger partial charge in [0.15, 0.2) is 0 Å². The number of benzene rings is 1. The Kier molecular flexibility index (Phi) is 2.96. The second-order valence-electron chi connectivity index (χ2n) is 5.04. The van der Waals surface area contributed by atoms with Gasteiger partial charge in [-0.2, -0.15) is 0 Å². The predicted molar refractivity (Wildman–Crippen MR) is 66.8 cm³/mol. The number of likely N-dealkylation sites (tertiary alicyclic amines) is 1. The number of hydrogen-bond acceptors (Lipinski definition) is 3. The van der Waals surface area contributed by atoms with E-state index >= 15 is 0 Å². The van der Waals surface area contributed by atoms with Crippen molar-refractivity contribution in [3.8, 4) is 5.75 Å². The molecule has 0 spiro atoms. The van der Waals surface area contributed by atoms with E-state index in [-0.39, 0.29) is 12.1 Å². The normalized spacial score (nSPS) is 26.9. The third kappa shape index (κ3) is 2.08. The fourth-order valence-corrected chi connectivity index (χ4v) is 2.94. The lowest BCUT2D eigenvalue weighted by Gasteiger charge is -2.24. The number of carbonyl (C=O) groups is 1. The summed E-state index contributed by atoms with van der Waals surface area (Å²) in [7, 11) is 0. The van der Waals surface area contributed by atoms with Crippen molar-refractivity contribution in [2.45, 2.75) is 31.4 Å². The molecule has 4 heteroatoms. The van der Waals surface area contributed by atoms with Gasteiger partial charge in [0.25, 0.3) is 0 Å². The van der Waals surface area contributed by atoms with E-state index in [2.05, 4.69) is 6.07 Å². The summed E-state index contributed by atoms with van der Waals surface area (Å²) in [4.78, 5) is 13.2. The summed E-state index contributed by atoms with van der Waals surface area (Å²) < 4.78 is 5.86. The van der Waals surface area contributed by atoms with Gasteiger partial charge < -0.3 is 9.84 Å². The molecular formula is C14H17NO3. The van der Waals surface area contributed by atoms with Gasteiger partial charge in [-0.15, -0.1) is 0 Å². The molecule has 0 aromatic heterocycles. The topological polar surface area (TPSA) is 49.8 Å². The fourth-order valence-electron chi connectivity index (χ4n) is 2.94. The fraction of sp³-hybridized carbons (Fsp3) is 0.500. The number of aliphatic carboxylic acids is 1. The minimum Gasteiger partial charge on any atom is -0.488 e. The van der Waals surface area contributed by atoms with E-state index in [4.69, 9.17) is 9.84 Å². The van der Waals surface area contributed by atoms with Gasteiger partial charge >= 0.3 is 5.97 Å². The van der Waals surface area contributed by atoms with Gasteiger partial charge in [-0.1, -0.05) is 18.2 Å². The minimum atomic E-state index is -0.706. The first-order chi connectivity index (χ1) is 8.74. The number of ether oxygens (including phenoxy) is 1. The van der Waals surface area contributed by atoms with Gasteiger partial charge in [-0.25, -0.2) is 0 Å². The average molecular weight is 247 g/mol. The van der Waals surface area contributed by atoms with E-state index in [1.165, 1.54) is 5.56 Å². The molecule has 1 aromatic carbocycles. The van der Waals surface area contributed by atoms with Crippen LogP contribution in [0.1, 0.15) is 18.4 Å². The van der Waals surface area contributed by atoms with Gasteiger partial charge in [-0.05, 0) is 31.0 Å². The zero-order valence-electron chi connectivity index (χ0n) is 10.2. The third-order valence-corrected chi connectivity index (χ3v) is 3.80. The summed E-state index contributed by atoms with van der Waals surface area (Å²) in [5, 5.41) is 9.15. The Hall–Kier alpha value is -1.55. The number of para-hydroxylation sites is 1. The highest BCUT2D eigenvalue weighted by Crippen LogP contribution is 2.29. The molecular weight excluding hydrogens is 230 g/mol. The smallest absolute Gasteiger partial charge is 0.320 e. The third-order valence-electron chi connectivity index (χ3n) is 3.80. The Bertz CT molecular complexity index is 435. The first-order valence-electron chi connectivity index (χ1n) is 6.45. The van der Waals surface area contributed by atoms with Crippen LogP contribution in [0.2, 0.25) is 0 Å². The van der Waals surface area contributed by atoms with E-state index in [1.807, 2.05) is 23.1 Å². The average Bonchev–Trinajstić information content (AvgIpc) is 2.94. The first-order valence-corrected chi connectivity index (χ1v) is 6.45. The summed E-state index contributed by atoms with van der Waals surface area (Å²) in [6, 6.07) is 7.72. The van der Waals surface area contributed by atoms with Gasteiger partial charge in [0, 0.05) is 13.0 Å². The van der Waals surface area contributed by atoms with Crippen LogP contribution in [0.4, 0.5) is 0 Å². The number of hydrogen-bond donors (Lipinski definition) is 1. The maximum atomic E-state index is 11.1. The van der Waals surface area contributed by atoms with Crippen LogP contribution in [0, 0.1) is 0 Å². The van der Waals surface area contributed by atoms with Crippen molar-refractivity contribution in [3.63, 3.8) is 0 Å². The Labute approximate surface area is 106 Å². The lowest BCUT2D eigenvalue weighted by atomic mass is 10.1. The molecule has 2 unspecified atom stereocenters.